The lowest BCUT2D eigenvalue weighted by Crippen LogP contribution is -2.49. The highest BCUT2D eigenvalue weighted by Crippen LogP contribution is 2.35. The van der Waals surface area contributed by atoms with Crippen LogP contribution in [-0.4, -0.2) is 61.5 Å². The van der Waals surface area contributed by atoms with Gasteiger partial charge in [0.05, 0.1) is 29.1 Å². The van der Waals surface area contributed by atoms with E-state index in [9.17, 15) is 18.3 Å². The summed E-state index contributed by atoms with van der Waals surface area (Å²) in [6.07, 6.45) is 7.11. The zero-order valence-electron chi connectivity index (χ0n) is 22.2. The standard InChI is InChI=1S/C29H38N4O4S/c1-3-21-19-33-13-14-38(36,37)32(2)26-17-22(16-24(21)28(26)33)29(35)31-25(15-20-9-5-4-6-10-20)27(34)18-30-23-11-7-8-12-23/h4-6,9-10,16-17,19,23,25,27,30,34H,3,7-8,11-15,18H2,1-2H3,(H,31,35)/t25-,27+/m0/s1. The zero-order valence-corrected chi connectivity index (χ0v) is 23.0. The molecule has 3 N–H and O–H groups in total. The third kappa shape index (κ3) is 5.46. The minimum atomic E-state index is -3.50. The Kier molecular flexibility index (Phi) is 7.79. The summed E-state index contributed by atoms with van der Waals surface area (Å²) in [5.41, 5.74) is 3.83. The Labute approximate surface area is 225 Å². The van der Waals surface area contributed by atoms with Crippen molar-refractivity contribution in [3.63, 3.8) is 0 Å². The summed E-state index contributed by atoms with van der Waals surface area (Å²) in [5, 5.41) is 18.6. The molecule has 1 aliphatic carbocycles. The van der Waals surface area contributed by atoms with Crippen LogP contribution in [0.2, 0.25) is 0 Å². The van der Waals surface area contributed by atoms with E-state index in [4.69, 9.17) is 0 Å². The van der Waals surface area contributed by atoms with E-state index in [1.807, 2.05) is 47.2 Å². The molecule has 2 atom stereocenters. The van der Waals surface area contributed by atoms with Crippen molar-refractivity contribution in [2.75, 3.05) is 23.7 Å². The summed E-state index contributed by atoms with van der Waals surface area (Å²) >= 11 is 0. The van der Waals surface area contributed by atoms with E-state index in [0.29, 0.717) is 36.8 Å². The quantitative estimate of drug-likeness (QED) is 0.388. The van der Waals surface area contributed by atoms with Gasteiger partial charge in [-0.1, -0.05) is 50.1 Å². The van der Waals surface area contributed by atoms with Crippen molar-refractivity contribution in [2.24, 2.45) is 0 Å². The molecule has 0 spiro atoms. The van der Waals surface area contributed by atoms with E-state index in [1.165, 1.54) is 17.1 Å². The smallest absolute Gasteiger partial charge is 0.251 e. The molecule has 8 nitrogen and oxygen atoms in total. The fraction of sp³-hybridized carbons (Fsp3) is 0.483. The Balaban J connectivity index is 1.45. The van der Waals surface area contributed by atoms with Gasteiger partial charge in [0, 0.05) is 43.3 Å². The molecule has 1 aliphatic heterocycles. The van der Waals surface area contributed by atoms with Crippen LogP contribution in [0.3, 0.4) is 0 Å². The molecular formula is C29H38N4O4S. The van der Waals surface area contributed by atoms with Gasteiger partial charge in [-0.2, -0.15) is 0 Å². The molecule has 38 heavy (non-hydrogen) atoms. The van der Waals surface area contributed by atoms with Crippen LogP contribution < -0.4 is 14.9 Å². The van der Waals surface area contributed by atoms with E-state index in [-0.39, 0.29) is 11.7 Å². The predicted octanol–water partition coefficient (Wildman–Crippen LogP) is 3.22. The Morgan fingerprint density at radius 2 is 1.89 bits per heavy atom. The summed E-state index contributed by atoms with van der Waals surface area (Å²) in [6, 6.07) is 13.3. The highest BCUT2D eigenvalue weighted by atomic mass is 32.2. The highest BCUT2D eigenvalue weighted by molar-refractivity contribution is 7.92. The van der Waals surface area contributed by atoms with E-state index in [0.717, 1.165) is 41.3 Å². The molecule has 2 aromatic carbocycles. The van der Waals surface area contributed by atoms with Crippen molar-refractivity contribution in [2.45, 2.75) is 70.2 Å². The van der Waals surface area contributed by atoms with E-state index in [1.54, 1.807) is 13.1 Å². The number of sulfonamides is 1. The van der Waals surface area contributed by atoms with Crippen molar-refractivity contribution in [1.82, 2.24) is 15.2 Å². The van der Waals surface area contributed by atoms with Gasteiger partial charge in [0.25, 0.3) is 5.91 Å². The number of amides is 1. The summed E-state index contributed by atoms with van der Waals surface area (Å²) in [4.78, 5) is 13.7. The number of nitrogens with one attached hydrogen (secondary N) is 2. The van der Waals surface area contributed by atoms with E-state index in [2.05, 4.69) is 17.6 Å². The molecule has 3 aromatic rings. The molecule has 1 fully saturated rings. The third-order valence-electron chi connectivity index (χ3n) is 8.07. The number of carbonyl (C=O) groups is 1. The van der Waals surface area contributed by atoms with Gasteiger partial charge in [-0.05, 0) is 48.9 Å². The fourth-order valence-electron chi connectivity index (χ4n) is 5.78. The molecule has 1 amide bonds. The summed E-state index contributed by atoms with van der Waals surface area (Å²) < 4.78 is 29.0. The molecule has 0 unspecified atom stereocenters. The number of benzene rings is 2. The minimum absolute atomic E-state index is 0.00593. The number of hydrogen-bond donors (Lipinski definition) is 3. The van der Waals surface area contributed by atoms with Crippen LogP contribution in [0.15, 0.2) is 48.7 Å². The molecule has 0 bridgehead atoms. The summed E-state index contributed by atoms with van der Waals surface area (Å²) in [6.45, 7) is 2.83. The Morgan fingerprint density at radius 1 is 1.16 bits per heavy atom. The number of hydrogen-bond acceptors (Lipinski definition) is 5. The van der Waals surface area contributed by atoms with E-state index < -0.39 is 22.2 Å². The van der Waals surface area contributed by atoms with Gasteiger partial charge < -0.3 is 20.3 Å². The van der Waals surface area contributed by atoms with Crippen LogP contribution >= 0.6 is 0 Å². The summed E-state index contributed by atoms with van der Waals surface area (Å²) in [7, 11) is -1.95. The number of rotatable bonds is 9. The third-order valence-corrected chi connectivity index (χ3v) is 9.80. The normalized spacial score (nSPS) is 18.9. The van der Waals surface area contributed by atoms with E-state index >= 15 is 0 Å². The van der Waals surface area contributed by atoms with Crippen LogP contribution in [0.1, 0.15) is 54.1 Å². The monoisotopic (exact) mass is 538 g/mol. The second kappa shape index (κ2) is 11.1. The Bertz CT molecular complexity index is 1400. The number of aliphatic hydroxyl groups excluding tert-OH is 1. The number of nitrogens with zero attached hydrogens (tertiary/aromatic N) is 2. The van der Waals surface area contributed by atoms with Gasteiger partial charge in [-0.3, -0.25) is 9.10 Å². The van der Waals surface area contributed by atoms with Gasteiger partial charge in [0.15, 0.2) is 0 Å². The number of carbonyl (C=O) groups excluding carboxylic acids is 1. The lowest BCUT2D eigenvalue weighted by Gasteiger charge is -2.26. The lowest BCUT2D eigenvalue weighted by atomic mass is 9.99. The lowest BCUT2D eigenvalue weighted by molar-refractivity contribution is 0.0825. The van der Waals surface area contributed by atoms with Gasteiger partial charge >= 0.3 is 0 Å². The van der Waals surface area contributed by atoms with Crippen LogP contribution in [-0.2, 0) is 29.4 Å². The first-order valence-electron chi connectivity index (χ1n) is 13.7. The van der Waals surface area contributed by atoms with Crippen molar-refractivity contribution in [3.05, 3.63) is 65.4 Å². The molecule has 0 radical (unpaired) electrons. The topological polar surface area (TPSA) is 104 Å². The van der Waals surface area contributed by atoms with Crippen LogP contribution in [0.5, 0.6) is 0 Å². The second-order valence-electron chi connectivity index (χ2n) is 10.6. The second-order valence-corrected chi connectivity index (χ2v) is 12.7. The van der Waals surface area contributed by atoms with Crippen LogP contribution in [0.4, 0.5) is 5.69 Å². The van der Waals surface area contributed by atoms with Gasteiger partial charge in [-0.25, -0.2) is 8.42 Å². The highest BCUT2D eigenvalue weighted by Gasteiger charge is 2.29. The summed E-state index contributed by atoms with van der Waals surface area (Å²) in [5.74, 6) is -0.319. The number of aryl methyl sites for hydroxylation is 2. The maximum Gasteiger partial charge on any atom is 0.251 e. The average Bonchev–Trinajstić information content (AvgIpc) is 3.55. The maximum absolute atomic E-state index is 13.7. The molecule has 204 valence electrons. The molecule has 2 aliphatic rings. The molecule has 2 heterocycles. The largest absolute Gasteiger partial charge is 0.390 e. The van der Waals surface area contributed by atoms with Gasteiger partial charge in [0.1, 0.15) is 0 Å². The predicted molar refractivity (Wildman–Crippen MR) is 151 cm³/mol. The van der Waals surface area contributed by atoms with Gasteiger partial charge in [0.2, 0.25) is 10.0 Å². The van der Waals surface area contributed by atoms with Crippen molar-refractivity contribution >= 4 is 32.5 Å². The molecule has 9 heteroatoms. The first-order chi connectivity index (χ1) is 18.3. The number of aliphatic hydroxyl groups is 1. The Hall–Kier alpha value is -2.88. The van der Waals surface area contributed by atoms with Gasteiger partial charge in [-0.15, -0.1) is 0 Å². The maximum atomic E-state index is 13.7. The number of aromatic nitrogens is 1. The van der Waals surface area contributed by atoms with Crippen molar-refractivity contribution in [1.29, 1.82) is 0 Å². The molecule has 1 saturated carbocycles. The SMILES string of the molecule is CCc1cn2c3c(cc(C(=O)N[C@@H](Cc4ccccc4)[C@H](O)CNC4CCCC4)cc13)N(C)S(=O)(=O)CC2. The molecular weight excluding hydrogens is 500 g/mol. The van der Waals surface area contributed by atoms with Crippen LogP contribution in [0, 0.1) is 0 Å². The average molecular weight is 539 g/mol. The molecule has 0 saturated heterocycles. The minimum Gasteiger partial charge on any atom is -0.390 e. The number of anilines is 1. The zero-order chi connectivity index (χ0) is 26.9. The van der Waals surface area contributed by atoms with Crippen LogP contribution in [0.25, 0.3) is 10.9 Å². The molecule has 1 aromatic heterocycles. The Morgan fingerprint density at radius 3 is 2.61 bits per heavy atom. The van der Waals surface area contributed by atoms with Crippen molar-refractivity contribution in [3.8, 4) is 0 Å². The fourth-order valence-corrected chi connectivity index (χ4v) is 6.92. The first-order valence-corrected chi connectivity index (χ1v) is 15.3. The first kappa shape index (κ1) is 26.7. The van der Waals surface area contributed by atoms with Crippen molar-refractivity contribution < 1.29 is 18.3 Å². The molecule has 5 rings (SSSR count).